The quantitative estimate of drug-likeness (QED) is 0.660. The molecule has 8 nitrogen and oxygen atoms in total. The van der Waals surface area contributed by atoms with Crippen molar-refractivity contribution in [3.63, 3.8) is 0 Å². The van der Waals surface area contributed by atoms with Gasteiger partial charge in [-0.1, -0.05) is 18.2 Å². The highest BCUT2D eigenvalue weighted by atomic mass is 16.5. The van der Waals surface area contributed by atoms with Crippen LogP contribution in [-0.2, 0) is 22.5 Å². The van der Waals surface area contributed by atoms with Gasteiger partial charge in [0.05, 0.1) is 33.0 Å². The molecule has 2 aromatic rings. The topological polar surface area (TPSA) is 77.4 Å². The standard InChI is InChI=1S/C28H34N4O4/c1-2-11-34-21-23-16-22(17-25(18-23)35-15-10-32-8-13-33-14-9-32)19-27-29-7-5-26(31-27)24-4-6-30-28(20-24)36-12-3-1/h1-2,4-7,16-18,20,27,31H,3,8-15,19,21H2/b2-1+. The van der Waals surface area contributed by atoms with E-state index in [0.717, 1.165) is 73.8 Å². The SMILES string of the molecule is C1=NC2Cc3cc(cc(OCCN4CCOCC4)c3)COC/C=C/CCOc3cc(ccn3)C(=C1)N2. The third-order valence-electron chi connectivity index (χ3n) is 6.29. The predicted molar refractivity (Wildman–Crippen MR) is 139 cm³/mol. The van der Waals surface area contributed by atoms with Gasteiger partial charge < -0.3 is 24.3 Å². The maximum absolute atomic E-state index is 6.19. The fourth-order valence-corrected chi connectivity index (χ4v) is 4.44. The summed E-state index contributed by atoms with van der Waals surface area (Å²) in [6.45, 7) is 6.69. The monoisotopic (exact) mass is 490 g/mol. The lowest BCUT2D eigenvalue weighted by molar-refractivity contribution is 0.0322. The molecule has 0 spiro atoms. The van der Waals surface area contributed by atoms with Crippen molar-refractivity contribution in [2.75, 3.05) is 52.7 Å². The fourth-order valence-electron chi connectivity index (χ4n) is 4.44. The summed E-state index contributed by atoms with van der Waals surface area (Å²) in [5.74, 6) is 1.49. The molecule has 1 unspecified atom stereocenters. The van der Waals surface area contributed by atoms with E-state index in [1.54, 1.807) is 6.20 Å². The molecule has 5 rings (SSSR count). The molecule has 1 atom stereocenters. The van der Waals surface area contributed by atoms with E-state index in [1.807, 2.05) is 30.5 Å². The third kappa shape index (κ3) is 7.16. The second kappa shape index (κ2) is 12.7. The Balaban J connectivity index is 1.31. The van der Waals surface area contributed by atoms with Gasteiger partial charge >= 0.3 is 0 Å². The van der Waals surface area contributed by atoms with E-state index in [9.17, 15) is 0 Å². The number of hydrogen-bond donors (Lipinski definition) is 1. The van der Waals surface area contributed by atoms with Crippen LogP contribution in [-0.4, -0.2) is 74.9 Å². The molecule has 0 aliphatic carbocycles. The van der Waals surface area contributed by atoms with Crippen LogP contribution >= 0.6 is 0 Å². The number of fused-ring (bicyclic) bond motifs is 7. The number of pyridine rings is 1. The van der Waals surface area contributed by atoms with Crippen molar-refractivity contribution in [3.05, 3.63) is 71.4 Å². The first-order valence-corrected chi connectivity index (χ1v) is 12.7. The molecule has 190 valence electrons. The van der Waals surface area contributed by atoms with Crippen molar-refractivity contribution in [1.29, 1.82) is 0 Å². The van der Waals surface area contributed by atoms with Gasteiger partial charge in [-0.3, -0.25) is 9.89 Å². The van der Waals surface area contributed by atoms with E-state index in [1.165, 1.54) is 0 Å². The Hall–Kier alpha value is -3.20. The Morgan fingerprint density at radius 2 is 1.94 bits per heavy atom. The second-order valence-corrected chi connectivity index (χ2v) is 9.04. The van der Waals surface area contributed by atoms with E-state index < -0.39 is 0 Å². The van der Waals surface area contributed by atoms with E-state index >= 15 is 0 Å². The highest BCUT2D eigenvalue weighted by molar-refractivity contribution is 5.85. The zero-order valence-electron chi connectivity index (χ0n) is 20.6. The maximum Gasteiger partial charge on any atom is 0.213 e. The first kappa shape index (κ1) is 24.5. The molecule has 8 heteroatoms. The summed E-state index contributed by atoms with van der Waals surface area (Å²) >= 11 is 0. The molecule has 1 fully saturated rings. The van der Waals surface area contributed by atoms with Crippen LogP contribution in [0.1, 0.15) is 23.1 Å². The van der Waals surface area contributed by atoms with Gasteiger partial charge in [-0.25, -0.2) is 4.98 Å². The molecule has 1 N–H and O–H groups in total. The molecule has 1 aromatic heterocycles. The number of allylic oxidation sites excluding steroid dienone is 1. The summed E-state index contributed by atoms with van der Waals surface area (Å²) in [6.07, 6.45) is 11.2. The molecule has 1 aromatic carbocycles. The number of aliphatic imine (C=N–C) groups is 1. The van der Waals surface area contributed by atoms with Gasteiger partial charge in [0.2, 0.25) is 5.88 Å². The van der Waals surface area contributed by atoms with Gasteiger partial charge in [-0.15, -0.1) is 0 Å². The Bertz CT molecular complexity index is 1090. The van der Waals surface area contributed by atoms with Crippen LogP contribution in [0.3, 0.4) is 0 Å². The molecular weight excluding hydrogens is 456 g/mol. The molecular formula is C28H34N4O4. The normalized spacial score (nSPS) is 21.8. The van der Waals surface area contributed by atoms with Crippen LogP contribution in [0.5, 0.6) is 11.6 Å². The van der Waals surface area contributed by atoms with Gasteiger partial charge in [0.1, 0.15) is 18.5 Å². The summed E-state index contributed by atoms with van der Waals surface area (Å²) in [4.78, 5) is 11.4. The zero-order chi connectivity index (χ0) is 24.4. The largest absolute Gasteiger partial charge is 0.492 e. The van der Waals surface area contributed by atoms with Crippen molar-refractivity contribution in [3.8, 4) is 11.6 Å². The van der Waals surface area contributed by atoms with E-state index in [-0.39, 0.29) is 6.17 Å². The minimum atomic E-state index is -0.0817. The van der Waals surface area contributed by atoms with Gasteiger partial charge in [-0.05, 0) is 41.8 Å². The number of morpholine rings is 1. The predicted octanol–water partition coefficient (Wildman–Crippen LogP) is 3.23. The lowest BCUT2D eigenvalue weighted by atomic mass is 10.0. The van der Waals surface area contributed by atoms with Crippen molar-refractivity contribution < 1.29 is 18.9 Å². The van der Waals surface area contributed by atoms with Gasteiger partial charge in [0.15, 0.2) is 0 Å². The van der Waals surface area contributed by atoms with Crippen LogP contribution in [0, 0.1) is 0 Å². The summed E-state index contributed by atoms with van der Waals surface area (Å²) in [5, 5.41) is 3.56. The summed E-state index contributed by atoms with van der Waals surface area (Å²) in [5.41, 5.74) is 4.29. The summed E-state index contributed by atoms with van der Waals surface area (Å²) in [7, 11) is 0. The van der Waals surface area contributed by atoms with Gasteiger partial charge in [0, 0.05) is 55.8 Å². The van der Waals surface area contributed by atoms with Crippen LogP contribution in [0.2, 0.25) is 0 Å². The molecule has 3 aliphatic rings. The van der Waals surface area contributed by atoms with Crippen molar-refractivity contribution in [1.82, 2.24) is 15.2 Å². The molecule has 36 heavy (non-hydrogen) atoms. The fraction of sp³-hybridized carbons (Fsp3) is 0.429. The highest BCUT2D eigenvalue weighted by Gasteiger charge is 2.16. The Morgan fingerprint density at radius 3 is 2.89 bits per heavy atom. The number of hydrogen-bond acceptors (Lipinski definition) is 8. The van der Waals surface area contributed by atoms with E-state index in [2.05, 4.69) is 44.5 Å². The summed E-state index contributed by atoms with van der Waals surface area (Å²) in [6, 6.07) is 10.3. The Morgan fingerprint density at radius 1 is 1.03 bits per heavy atom. The number of ether oxygens (including phenoxy) is 4. The third-order valence-corrected chi connectivity index (χ3v) is 6.29. The van der Waals surface area contributed by atoms with Crippen molar-refractivity contribution in [2.24, 2.45) is 4.99 Å². The van der Waals surface area contributed by atoms with E-state index in [4.69, 9.17) is 18.9 Å². The van der Waals surface area contributed by atoms with Gasteiger partial charge in [0.25, 0.3) is 0 Å². The summed E-state index contributed by atoms with van der Waals surface area (Å²) < 4.78 is 23.4. The minimum absolute atomic E-state index is 0.0817. The minimum Gasteiger partial charge on any atom is -0.492 e. The van der Waals surface area contributed by atoms with Crippen LogP contribution in [0.4, 0.5) is 0 Å². The first-order valence-electron chi connectivity index (χ1n) is 12.7. The lowest BCUT2D eigenvalue weighted by Crippen LogP contribution is -2.38. The Labute approximate surface area is 212 Å². The number of rotatable bonds is 4. The van der Waals surface area contributed by atoms with Crippen LogP contribution in [0.15, 0.2) is 59.7 Å². The average molecular weight is 491 g/mol. The molecule has 4 heterocycles. The molecule has 1 saturated heterocycles. The van der Waals surface area contributed by atoms with Crippen LogP contribution < -0.4 is 14.8 Å². The van der Waals surface area contributed by atoms with Gasteiger partial charge in [-0.2, -0.15) is 0 Å². The number of benzene rings is 1. The Kier molecular flexibility index (Phi) is 8.62. The number of nitrogens with one attached hydrogen (secondary N) is 1. The zero-order valence-corrected chi connectivity index (χ0v) is 20.6. The second-order valence-electron chi connectivity index (χ2n) is 9.04. The van der Waals surface area contributed by atoms with Crippen molar-refractivity contribution >= 4 is 11.9 Å². The van der Waals surface area contributed by atoms with Crippen molar-refractivity contribution in [2.45, 2.75) is 25.6 Å². The molecule has 0 radical (unpaired) electrons. The van der Waals surface area contributed by atoms with E-state index in [0.29, 0.717) is 32.3 Å². The molecule has 3 aliphatic heterocycles. The maximum atomic E-state index is 6.19. The molecule has 0 saturated carbocycles. The van der Waals surface area contributed by atoms with Crippen LogP contribution in [0.25, 0.3) is 5.70 Å². The molecule has 0 amide bonds. The number of nitrogens with zero attached hydrogens (tertiary/aromatic N) is 3. The smallest absolute Gasteiger partial charge is 0.213 e. The highest BCUT2D eigenvalue weighted by Crippen LogP contribution is 2.23. The average Bonchev–Trinajstić information content (AvgIpc) is 2.91. The lowest BCUT2D eigenvalue weighted by Gasteiger charge is -2.26. The first-order chi connectivity index (χ1) is 17.8. The number of aromatic nitrogens is 1. The molecule has 6 bridgehead atoms.